The van der Waals surface area contributed by atoms with Gasteiger partial charge in [0.2, 0.25) is 29.5 Å². The molecule has 3 aliphatic rings. The first-order chi connectivity index (χ1) is 21.7. The predicted octanol–water partition coefficient (Wildman–Crippen LogP) is -4.08. The van der Waals surface area contributed by atoms with E-state index < -0.39 is 104 Å². The van der Waals surface area contributed by atoms with Crippen molar-refractivity contribution in [2.45, 2.75) is 57.1 Å². The highest BCUT2D eigenvalue weighted by Crippen LogP contribution is 2.29. The van der Waals surface area contributed by atoms with Gasteiger partial charge >= 0.3 is 6.09 Å². The summed E-state index contributed by atoms with van der Waals surface area (Å²) in [6, 6.07) is -0.417. The van der Waals surface area contributed by atoms with E-state index in [-0.39, 0.29) is 32.9 Å². The molecule has 8 amide bonds. The third kappa shape index (κ3) is 11.7. The van der Waals surface area contributed by atoms with Crippen LogP contribution in [0, 0.1) is 0 Å². The maximum absolute atomic E-state index is 12.1. The molecule has 0 unspecified atom stereocenters. The second-order valence-corrected chi connectivity index (χ2v) is 11.3. The lowest BCUT2D eigenvalue weighted by Crippen LogP contribution is -2.46. The quantitative estimate of drug-likeness (QED) is 0.0730. The van der Waals surface area contributed by atoms with E-state index in [2.05, 4.69) is 31.9 Å². The number of alkyl carbamates (subject to hydrolysis) is 1. The topological polar surface area (TPSA) is 249 Å². The smallest absolute Gasteiger partial charge is 0.408 e. The van der Waals surface area contributed by atoms with E-state index in [0.29, 0.717) is 0 Å². The minimum Gasteiger partial charge on any atom is -0.444 e. The minimum atomic E-state index is -0.694. The minimum absolute atomic E-state index is 0.136. The maximum atomic E-state index is 12.1. The van der Waals surface area contributed by atoms with Gasteiger partial charge in [-0.15, -0.1) is 0 Å². The second-order valence-electron chi connectivity index (χ2n) is 11.3. The zero-order chi connectivity index (χ0) is 33.9. The van der Waals surface area contributed by atoms with Crippen LogP contribution in [0.15, 0.2) is 12.2 Å². The van der Waals surface area contributed by atoms with Crippen LogP contribution in [0.4, 0.5) is 4.79 Å². The molecule has 3 aliphatic heterocycles. The molecule has 19 nitrogen and oxygen atoms in total. The first-order valence-corrected chi connectivity index (χ1v) is 14.4. The van der Waals surface area contributed by atoms with Crippen molar-refractivity contribution in [1.82, 2.24) is 36.8 Å². The van der Waals surface area contributed by atoms with Crippen LogP contribution in [0.3, 0.4) is 0 Å². The van der Waals surface area contributed by atoms with Crippen LogP contribution < -0.4 is 31.9 Å². The highest BCUT2D eigenvalue weighted by molar-refractivity contribution is 6.13. The van der Waals surface area contributed by atoms with Gasteiger partial charge in [-0.25, -0.2) is 4.79 Å². The summed E-state index contributed by atoms with van der Waals surface area (Å²) in [5, 5.41) is 14.3. The first kappa shape index (κ1) is 35.9. The van der Waals surface area contributed by atoms with Crippen LogP contribution in [0.1, 0.15) is 27.2 Å². The SMILES string of the molecule is CC(C)(C)OC(=O)N[C@H]1CO[C@H]2[C@@H]1OC[C@H]2OCNC(=O)CNC(=O)CNC(=O)CNC(=O)CNC(=O)CCN1C(=O)C=CC1=O. The van der Waals surface area contributed by atoms with E-state index in [9.17, 15) is 38.4 Å². The maximum Gasteiger partial charge on any atom is 0.408 e. The summed E-state index contributed by atoms with van der Waals surface area (Å²) < 4.78 is 22.3. The first-order valence-electron chi connectivity index (χ1n) is 14.4. The Labute approximate surface area is 263 Å². The fraction of sp³-hybridized carbons (Fsp3) is 0.630. The van der Waals surface area contributed by atoms with Crippen molar-refractivity contribution in [1.29, 1.82) is 0 Å². The third-order valence-corrected chi connectivity index (χ3v) is 6.52. The van der Waals surface area contributed by atoms with Gasteiger partial charge in [0.1, 0.15) is 30.6 Å². The van der Waals surface area contributed by atoms with Crippen LogP contribution in [0.2, 0.25) is 0 Å². The Morgan fingerprint density at radius 2 is 1.26 bits per heavy atom. The zero-order valence-electron chi connectivity index (χ0n) is 25.7. The molecule has 19 heteroatoms. The number of hydrogen-bond acceptors (Lipinski definition) is 12. The molecule has 0 bridgehead atoms. The highest BCUT2D eigenvalue weighted by Gasteiger charge is 2.49. The van der Waals surface area contributed by atoms with Gasteiger partial charge in [-0.2, -0.15) is 0 Å². The number of amides is 8. The number of hydrogen-bond donors (Lipinski definition) is 6. The highest BCUT2D eigenvalue weighted by atomic mass is 16.6. The zero-order valence-corrected chi connectivity index (χ0v) is 25.7. The van der Waals surface area contributed by atoms with Crippen molar-refractivity contribution in [2.24, 2.45) is 0 Å². The van der Waals surface area contributed by atoms with Crippen LogP contribution >= 0.6 is 0 Å². The Kier molecular flexibility index (Phi) is 13.0. The van der Waals surface area contributed by atoms with Gasteiger partial charge in [0.05, 0.1) is 45.4 Å². The monoisotopic (exact) mass is 653 g/mol. The number of carbonyl (C=O) groups is 8. The van der Waals surface area contributed by atoms with E-state index in [4.69, 9.17) is 18.9 Å². The number of fused-ring (bicyclic) bond motifs is 1. The average molecular weight is 654 g/mol. The molecule has 0 saturated carbocycles. The summed E-state index contributed by atoms with van der Waals surface area (Å²) >= 11 is 0. The predicted molar refractivity (Wildman–Crippen MR) is 153 cm³/mol. The van der Waals surface area contributed by atoms with E-state index in [1.807, 2.05) is 0 Å². The Morgan fingerprint density at radius 3 is 1.80 bits per heavy atom. The molecule has 0 spiro atoms. The molecule has 3 rings (SSSR count). The van der Waals surface area contributed by atoms with Crippen LogP contribution in [0.25, 0.3) is 0 Å². The third-order valence-electron chi connectivity index (χ3n) is 6.52. The summed E-state index contributed by atoms with van der Waals surface area (Å²) in [4.78, 5) is 95.5. The number of carbonyl (C=O) groups excluding carboxylic acids is 8. The lowest BCUT2D eigenvalue weighted by Gasteiger charge is -2.23. The van der Waals surface area contributed by atoms with Gasteiger partial charge in [-0.05, 0) is 20.8 Å². The van der Waals surface area contributed by atoms with Gasteiger partial charge in [0, 0.05) is 25.1 Å². The molecule has 254 valence electrons. The molecule has 4 atom stereocenters. The van der Waals surface area contributed by atoms with Gasteiger partial charge in [0.15, 0.2) is 0 Å². The van der Waals surface area contributed by atoms with Crippen LogP contribution in [-0.4, -0.2) is 135 Å². The van der Waals surface area contributed by atoms with E-state index in [1.54, 1.807) is 20.8 Å². The normalized spacial score (nSPS) is 21.8. The molecule has 46 heavy (non-hydrogen) atoms. The van der Waals surface area contributed by atoms with Crippen LogP contribution in [-0.2, 0) is 52.5 Å². The fourth-order valence-electron chi connectivity index (χ4n) is 4.34. The largest absolute Gasteiger partial charge is 0.444 e. The fourth-order valence-corrected chi connectivity index (χ4v) is 4.34. The van der Waals surface area contributed by atoms with E-state index in [0.717, 1.165) is 17.1 Å². The van der Waals surface area contributed by atoms with Crippen molar-refractivity contribution in [3.05, 3.63) is 12.2 Å². The summed E-state index contributed by atoms with van der Waals surface area (Å²) in [6.07, 6.45) is 0.0212. The lowest BCUT2D eigenvalue weighted by atomic mass is 10.1. The molecule has 3 heterocycles. The number of ether oxygens (including phenoxy) is 4. The molecule has 0 aromatic rings. The van der Waals surface area contributed by atoms with Crippen molar-refractivity contribution in [2.75, 3.05) is 52.7 Å². The second kappa shape index (κ2) is 16.6. The van der Waals surface area contributed by atoms with Crippen molar-refractivity contribution in [3.8, 4) is 0 Å². The summed E-state index contributed by atoms with van der Waals surface area (Å²) in [5.41, 5.74) is -0.650. The molecule has 0 aliphatic carbocycles. The Hall–Kier alpha value is -4.62. The Bertz CT molecular complexity index is 1220. The molecule has 2 saturated heterocycles. The molecule has 0 aromatic heterocycles. The number of rotatable bonds is 15. The number of imide groups is 1. The molecular formula is C27H39N7O12. The summed E-state index contributed by atoms with van der Waals surface area (Å²) in [7, 11) is 0. The summed E-state index contributed by atoms with van der Waals surface area (Å²) in [5.74, 6) is -4.22. The average Bonchev–Trinajstić information content (AvgIpc) is 3.66. The number of nitrogens with one attached hydrogen (secondary N) is 6. The van der Waals surface area contributed by atoms with Gasteiger partial charge < -0.3 is 50.8 Å². The van der Waals surface area contributed by atoms with Gasteiger partial charge in [-0.3, -0.25) is 38.5 Å². The van der Waals surface area contributed by atoms with Crippen molar-refractivity contribution >= 4 is 47.4 Å². The molecular weight excluding hydrogens is 614 g/mol. The number of nitrogens with zero attached hydrogens (tertiary/aromatic N) is 1. The van der Waals surface area contributed by atoms with Gasteiger partial charge in [0.25, 0.3) is 11.8 Å². The lowest BCUT2D eigenvalue weighted by molar-refractivity contribution is -0.137. The molecule has 2 fully saturated rings. The van der Waals surface area contributed by atoms with Crippen molar-refractivity contribution < 1.29 is 57.3 Å². The standard InChI is InChI=1S/C27H39N7O12/c1-27(2,3)46-26(42)33-15-12-43-25-16(13-44-24(15)25)45-14-32-21(39)11-31-20(38)10-30-19(37)9-29-18(36)8-28-17(35)6-7-34-22(40)4-5-23(34)41/h4-5,15-16,24-25H,6-14H2,1-3H3,(H,28,35)(H,29,36)(H,30,37)(H,31,38)(H,32,39)(H,33,42)/t15-,16+,24+,25+/m0/s1. The molecule has 6 N–H and O–H groups in total. The van der Waals surface area contributed by atoms with Gasteiger partial charge in [-0.1, -0.05) is 0 Å². The van der Waals surface area contributed by atoms with Crippen molar-refractivity contribution in [3.63, 3.8) is 0 Å². The Balaban J connectivity index is 1.19. The van der Waals surface area contributed by atoms with Crippen LogP contribution in [0.5, 0.6) is 0 Å². The molecule has 0 radical (unpaired) electrons. The summed E-state index contributed by atoms with van der Waals surface area (Å²) in [6.45, 7) is 3.55. The Morgan fingerprint density at radius 1 is 0.761 bits per heavy atom. The van der Waals surface area contributed by atoms with E-state index >= 15 is 0 Å². The molecule has 0 aromatic carbocycles. The van der Waals surface area contributed by atoms with E-state index in [1.165, 1.54) is 0 Å².